The fourth-order valence-corrected chi connectivity index (χ4v) is 7.24. The van der Waals surface area contributed by atoms with E-state index in [0.29, 0.717) is 0 Å². The summed E-state index contributed by atoms with van der Waals surface area (Å²) >= 11 is 1.79. The molecular weight excluding hydrogens is 815 g/mol. The van der Waals surface area contributed by atoms with Gasteiger partial charge in [-0.25, -0.2) is 0 Å². The van der Waals surface area contributed by atoms with Crippen molar-refractivity contribution in [3.05, 3.63) is 103 Å². The summed E-state index contributed by atoms with van der Waals surface area (Å²) in [7, 11) is 0. The molecule has 0 saturated carbocycles. The molecule has 3 aromatic heterocycles. The molecule has 3 aromatic carbocycles. The van der Waals surface area contributed by atoms with Crippen LogP contribution in [-0.4, -0.2) is 15.9 Å². The molecule has 50 heavy (non-hydrogen) atoms. The molecule has 6 aromatic rings. The molecule has 4 nitrogen and oxygen atoms in total. The van der Waals surface area contributed by atoms with Gasteiger partial charge in [0.1, 0.15) is 11.3 Å². The number of rotatable bonds is 9. The number of furan rings is 1. The van der Waals surface area contributed by atoms with Crippen molar-refractivity contribution in [2.45, 2.75) is 93.4 Å². The van der Waals surface area contributed by atoms with Gasteiger partial charge >= 0.3 is 0 Å². The van der Waals surface area contributed by atoms with Crippen LogP contribution in [-0.2, 0) is 30.3 Å². The third-order valence-electron chi connectivity index (χ3n) is 10.6. The third-order valence-corrected chi connectivity index (χ3v) is 11.8. The van der Waals surface area contributed by atoms with Crippen LogP contribution in [0, 0.1) is 16.9 Å². The summed E-state index contributed by atoms with van der Waals surface area (Å²) in [5.74, 6) is 0.286. The molecular formula is C44H50IrNO3S-. The van der Waals surface area contributed by atoms with Gasteiger partial charge in [0.15, 0.2) is 5.78 Å². The van der Waals surface area contributed by atoms with Crippen LogP contribution >= 0.6 is 11.3 Å². The quantitative estimate of drug-likeness (QED) is 0.0893. The second-order valence-corrected chi connectivity index (χ2v) is 15.7. The number of pyridine rings is 1. The number of aromatic nitrogens is 1. The van der Waals surface area contributed by atoms with Crippen molar-refractivity contribution < 1.29 is 34.4 Å². The largest absolute Gasteiger partial charge is 0.512 e. The third kappa shape index (κ3) is 7.99. The fraction of sp³-hybridized carbons (Fsp3) is 0.364. The number of aliphatic hydroxyl groups is 1. The number of ketones is 1. The van der Waals surface area contributed by atoms with E-state index in [4.69, 9.17) is 9.40 Å². The molecule has 3 heterocycles. The van der Waals surface area contributed by atoms with Crippen molar-refractivity contribution in [3.63, 3.8) is 0 Å². The molecule has 265 valence electrons. The average molecular weight is 865 g/mol. The van der Waals surface area contributed by atoms with Gasteiger partial charge in [-0.3, -0.25) is 9.78 Å². The van der Waals surface area contributed by atoms with E-state index < -0.39 is 0 Å². The van der Waals surface area contributed by atoms with Crippen LogP contribution in [0.1, 0.15) is 93.6 Å². The summed E-state index contributed by atoms with van der Waals surface area (Å²) in [5, 5.41) is 14.9. The molecule has 0 atom stereocenters. The van der Waals surface area contributed by atoms with Crippen LogP contribution in [0.5, 0.6) is 0 Å². The first-order chi connectivity index (χ1) is 23.3. The maximum atomic E-state index is 12.2. The zero-order valence-electron chi connectivity index (χ0n) is 30.9. The van der Waals surface area contributed by atoms with Crippen LogP contribution in [0.2, 0.25) is 0 Å². The minimum atomic E-state index is -0.337. The Hall–Kier alpha value is -3.57. The molecule has 6 heteroatoms. The SMILES string of the molecule is CC(C)(C)c1cc(-c2nccc3cc(-c4ccc5occc5c4)sc23)[c-]c2ccccc12.CCC(C)(CC)C(=O)/C=C(\O)C(C)(CC)CC.[Ir]. The predicted octanol–water partition coefficient (Wildman–Crippen LogP) is 13.3. The maximum Gasteiger partial charge on any atom is 0.164 e. The molecule has 0 fully saturated rings. The van der Waals surface area contributed by atoms with Crippen molar-refractivity contribution in [2.24, 2.45) is 10.8 Å². The minimum absolute atomic E-state index is 0. The molecule has 0 amide bonds. The van der Waals surface area contributed by atoms with Crippen LogP contribution in [0.3, 0.4) is 0 Å². The summed E-state index contributed by atoms with van der Waals surface area (Å²) in [6.45, 7) is 18.9. The number of carbonyl (C=O) groups is 1. The second kappa shape index (κ2) is 15.8. The molecule has 0 aliphatic rings. The van der Waals surface area contributed by atoms with Gasteiger partial charge in [-0.2, -0.15) is 0 Å². The van der Waals surface area contributed by atoms with Gasteiger partial charge < -0.3 is 9.52 Å². The number of carbonyl (C=O) groups excluding carboxylic acids is 1. The van der Waals surface area contributed by atoms with E-state index >= 15 is 0 Å². The molecule has 6 rings (SSSR count). The van der Waals surface area contributed by atoms with E-state index in [1.807, 2.05) is 59.9 Å². The van der Waals surface area contributed by atoms with Gasteiger partial charge in [-0.1, -0.05) is 91.5 Å². The molecule has 0 spiro atoms. The monoisotopic (exact) mass is 865 g/mol. The summed E-state index contributed by atoms with van der Waals surface area (Å²) < 4.78 is 6.70. The van der Waals surface area contributed by atoms with Gasteiger partial charge in [0.05, 0.1) is 6.26 Å². The topological polar surface area (TPSA) is 63.3 Å². The van der Waals surface area contributed by atoms with Crippen molar-refractivity contribution >= 4 is 48.9 Å². The van der Waals surface area contributed by atoms with Crippen LogP contribution in [0.15, 0.2) is 95.4 Å². The van der Waals surface area contributed by atoms with Gasteiger partial charge in [0, 0.05) is 63.9 Å². The summed E-state index contributed by atoms with van der Waals surface area (Å²) in [6, 6.07) is 27.2. The van der Waals surface area contributed by atoms with Gasteiger partial charge in [0.2, 0.25) is 0 Å². The zero-order chi connectivity index (χ0) is 35.6. The zero-order valence-corrected chi connectivity index (χ0v) is 34.1. The van der Waals surface area contributed by atoms with Crippen LogP contribution in [0.25, 0.3) is 53.5 Å². The number of thiophene rings is 1. The number of hydrogen-bond acceptors (Lipinski definition) is 5. The maximum absolute atomic E-state index is 12.2. The normalized spacial score (nSPS) is 12.5. The predicted molar refractivity (Wildman–Crippen MR) is 208 cm³/mol. The molecule has 0 bridgehead atoms. The van der Waals surface area contributed by atoms with Gasteiger partial charge in [-0.15, -0.1) is 40.5 Å². The van der Waals surface area contributed by atoms with E-state index in [-0.39, 0.29) is 47.9 Å². The summed E-state index contributed by atoms with van der Waals surface area (Å²) in [4.78, 5) is 18.2. The standard InChI is InChI=1S/C29H22NOS.C15H28O2.Ir/c1-29(2,3)24-16-22(14-18-6-4-5-7-23(18)24)27-28-21(10-12-30-27)17-26(32-28)20-8-9-25-19(15-20)11-13-31-25;1-7-14(5,8-2)12(16)11-13(17)15(6,9-3)10-4;/h4-13,15-17H,1-3H3;11,16H,7-10H2,1-6H3;/q-1;;/b;12-11-;. The number of benzene rings is 3. The smallest absolute Gasteiger partial charge is 0.164 e. The van der Waals surface area contributed by atoms with Crippen molar-refractivity contribution in [2.75, 3.05) is 0 Å². The first-order valence-corrected chi connectivity index (χ1v) is 18.4. The first-order valence-electron chi connectivity index (χ1n) is 17.5. The second-order valence-electron chi connectivity index (χ2n) is 14.7. The molecule has 0 unspecified atom stereocenters. The number of fused-ring (bicyclic) bond motifs is 3. The van der Waals surface area contributed by atoms with Crippen LogP contribution in [0.4, 0.5) is 0 Å². The van der Waals surface area contributed by atoms with E-state index in [1.54, 1.807) is 17.6 Å². The average Bonchev–Trinajstić information content (AvgIpc) is 3.77. The Bertz CT molecular complexity index is 2120. The van der Waals surface area contributed by atoms with E-state index in [2.05, 4.69) is 81.4 Å². The van der Waals surface area contributed by atoms with Crippen LogP contribution < -0.4 is 0 Å². The molecule has 0 aliphatic carbocycles. The Morgan fingerprint density at radius 1 is 0.860 bits per heavy atom. The van der Waals surface area contributed by atoms with Crippen molar-refractivity contribution in [3.8, 4) is 21.7 Å². The Balaban J connectivity index is 0.000000269. The van der Waals surface area contributed by atoms with Gasteiger partial charge in [-0.05, 0) is 78.4 Å². The van der Waals surface area contributed by atoms with Crippen molar-refractivity contribution in [1.82, 2.24) is 4.98 Å². The molecule has 0 saturated heterocycles. The number of allylic oxidation sites excluding steroid dienone is 2. The number of nitrogens with zero attached hydrogens (tertiary/aromatic N) is 1. The van der Waals surface area contributed by atoms with E-state index in [1.165, 1.54) is 37.6 Å². The Morgan fingerprint density at radius 2 is 1.54 bits per heavy atom. The van der Waals surface area contributed by atoms with Crippen molar-refractivity contribution in [1.29, 1.82) is 0 Å². The number of hydrogen-bond donors (Lipinski definition) is 1. The minimum Gasteiger partial charge on any atom is -0.512 e. The van der Waals surface area contributed by atoms with E-state index in [9.17, 15) is 9.90 Å². The first kappa shape index (κ1) is 39.2. The molecule has 0 aliphatic heterocycles. The summed E-state index contributed by atoms with van der Waals surface area (Å²) in [5.41, 5.74) is 4.91. The van der Waals surface area contributed by atoms with E-state index in [0.717, 1.165) is 53.3 Å². The summed E-state index contributed by atoms with van der Waals surface area (Å²) in [6.07, 6.45) is 8.40. The fourth-order valence-electron chi connectivity index (χ4n) is 6.08. The Labute approximate surface area is 315 Å². The molecule has 1 radical (unpaired) electrons. The Kier molecular flexibility index (Phi) is 12.4. The molecule has 1 N–H and O–H groups in total. The number of aliphatic hydroxyl groups excluding tert-OH is 1. The van der Waals surface area contributed by atoms with Gasteiger partial charge in [0.25, 0.3) is 0 Å². The Morgan fingerprint density at radius 3 is 2.20 bits per heavy atom.